The smallest absolute Gasteiger partial charge is 0.244 e. The van der Waals surface area contributed by atoms with Gasteiger partial charge in [0.25, 0.3) is 0 Å². The first-order valence-electron chi connectivity index (χ1n) is 6.58. The highest BCUT2D eigenvalue weighted by molar-refractivity contribution is 5.17. The molecule has 0 saturated heterocycles. The molecule has 0 amide bonds. The van der Waals surface area contributed by atoms with Gasteiger partial charge < -0.3 is 9.51 Å². The largest absolute Gasteiger partial charge is 0.347 e. The first kappa shape index (κ1) is 12.3. The first-order valence-corrected chi connectivity index (χ1v) is 6.58. The third-order valence-corrected chi connectivity index (χ3v) is 3.20. The van der Waals surface area contributed by atoms with E-state index in [1.165, 1.54) is 0 Å². The maximum Gasteiger partial charge on any atom is 0.244 e. The third kappa shape index (κ3) is 2.68. The van der Waals surface area contributed by atoms with E-state index in [2.05, 4.69) is 46.2 Å². The van der Waals surface area contributed by atoms with Crippen molar-refractivity contribution in [3.8, 4) is 0 Å². The van der Waals surface area contributed by atoms with E-state index < -0.39 is 0 Å². The summed E-state index contributed by atoms with van der Waals surface area (Å²) in [6.45, 7) is 7.25. The SMILES string of the molecule is CC(C)(C)Cc1noc(C2Cc3nc[nH]c3CN2)n1. The molecule has 2 aromatic rings. The fourth-order valence-corrected chi connectivity index (χ4v) is 2.30. The van der Waals surface area contributed by atoms with Gasteiger partial charge in [-0.1, -0.05) is 25.9 Å². The molecule has 0 aromatic carbocycles. The third-order valence-electron chi connectivity index (χ3n) is 3.20. The molecule has 0 saturated carbocycles. The van der Waals surface area contributed by atoms with Gasteiger partial charge in [0, 0.05) is 19.4 Å². The molecule has 102 valence electrons. The fourth-order valence-electron chi connectivity index (χ4n) is 2.30. The van der Waals surface area contributed by atoms with Crippen molar-refractivity contribution >= 4 is 0 Å². The van der Waals surface area contributed by atoms with Gasteiger partial charge in [-0.25, -0.2) is 4.98 Å². The molecule has 0 radical (unpaired) electrons. The van der Waals surface area contributed by atoms with Crippen molar-refractivity contribution < 1.29 is 4.52 Å². The van der Waals surface area contributed by atoms with Gasteiger partial charge in [0.1, 0.15) is 0 Å². The van der Waals surface area contributed by atoms with E-state index in [0.717, 1.165) is 36.6 Å². The van der Waals surface area contributed by atoms with Gasteiger partial charge in [-0.05, 0) is 5.41 Å². The van der Waals surface area contributed by atoms with E-state index >= 15 is 0 Å². The summed E-state index contributed by atoms with van der Waals surface area (Å²) in [5.41, 5.74) is 2.39. The second-order valence-electron chi connectivity index (χ2n) is 6.25. The van der Waals surface area contributed by atoms with E-state index in [4.69, 9.17) is 4.52 Å². The van der Waals surface area contributed by atoms with Crippen LogP contribution in [0, 0.1) is 5.41 Å². The number of fused-ring (bicyclic) bond motifs is 1. The Balaban J connectivity index is 1.74. The Morgan fingerprint density at radius 3 is 3.05 bits per heavy atom. The molecule has 0 aliphatic carbocycles. The van der Waals surface area contributed by atoms with Crippen molar-refractivity contribution in [1.29, 1.82) is 0 Å². The van der Waals surface area contributed by atoms with Crippen LogP contribution in [0.2, 0.25) is 0 Å². The van der Waals surface area contributed by atoms with Crippen LogP contribution < -0.4 is 5.32 Å². The summed E-state index contributed by atoms with van der Waals surface area (Å²) in [4.78, 5) is 11.9. The molecule has 0 bridgehead atoms. The zero-order chi connectivity index (χ0) is 13.5. The lowest BCUT2D eigenvalue weighted by Gasteiger charge is -2.19. The molecule has 3 heterocycles. The maximum absolute atomic E-state index is 5.38. The summed E-state index contributed by atoms with van der Waals surface area (Å²) in [6.07, 6.45) is 3.33. The van der Waals surface area contributed by atoms with Crippen LogP contribution in [0.3, 0.4) is 0 Å². The number of imidazole rings is 1. The lowest BCUT2D eigenvalue weighted by atomic mass is 9.92. The minimum absolute atomic E-state index is 0.0667. The van der Waals surface area contributed by atoms with Crippen molar-refractivity contribution in [2.24, 2.45) is 5.41 Å². The van der Waals surface area contributed by atoms with Crippen LogP contribution in [0.25, 0.3) is 0 Å². The average Bonchev–Trinajstić information content (AvgIpc) is 2.93. The minimum atomic E-state index is 0.0667. The van der Waals surface area contributed by atoms with Gasteiger partial charge >= 0.3 is 0 Å². The molecule has 2 aromatic heterocycles. The number of nitrogens with zero attached hydrogens (tertiary/aromatic N) is 3. The minimum Gasteiger partial charge on any atom is -0.347 e. The molecule has 0 spiro atoms. The summed E-state index contributed by atoms with van der Waals surface area (Å²) < 4.78 is 5.38. The van der Waals surface area contributed by atoms with Crippen molar-refractivity contribution in [3.63, 3.8) is 0 Å². The number of rotatable bonds is 2. The van der Waals surface area contributed by atoms with Crippen LogP contribution in [-0.2, 0) is 19.4 Å². The van der Waals surface area contributed by atoms with Crippen LogP contribution in [0.15, 0.2) is 10.9 Å². The Morgan fingerprint density at radius 1 is 1.42 bits per heavy atom. The summed E-state index contributed by atoms with van der Waals surface area (Å²) >= 11 is 0. The number of hydrogen-bond donors (Lipinski definition) is 2. The topological polar surface area (TPSA) is 79.6 Å². The van der Waals surface area contributed by atoms with Crippen molar-refractivity contribution in [1.82, 2.24) is 25.4 Å². The highest BCUT2D eigenvalue weighted by atomic mass is 16.5. The molecule has 0 fully saturated rings. The number of nitrogens with one attached hydrogen (secondary N) is 2. The van der Waals surface area contributed by atoms with Crippen LogP contribution in [0.4, 0.5) is 0 Å². The van der Waals surface area contributed by atoms with Gasteiger partial charge in [-0.15, -0.1) is 0 Å². The van der Waals surface area contributed by atoms with Crippen molar-refractivity contribution in [2.75, 3.05) is 0 Å². The molecule has 3 rings (SSSR count). The van der Waals surface area contributed by atoms with E-state index in [0.29, 0.717) is 5.89 Å². The number of hydrogen-bond acceptors (Lipinski definition) is 5. The average molecular weight is 261 g/mol. The molecular weight excluding hydrogens is 242 g/mol. The van der Waals surface area contributed by atoms with Gasteiger partial charge in [0.05, 0.1) is 23.8 Å². The molecule has 6 nitrogen and oxygen atoms in total. The highest BCUT2D eigenvalue weighted by Crippen LogP contribution is 2.24. The van der Waals surface area contributed by atoms with Crippen LogP contribution in [0.5, 0.6) is 0 Å². The van der Waals surface area contributed by atoms with E-state index in [1.807, 2.05) is 0 Å². The van der Waals surface area contributed by atoms with Crippen molar-refractivity contribution in [3.05, 3.63) is 29.4 Å². The molecule has 1 unspecified atom stereocenters. The quantitative estimate of drug-likeness (QED) is 0.861. The van der Waals surface area contributed by atoms with Crippen LogP contribution in [-0.4, -0.2) is 20.1 Å². The first-order chi connectivity index (χ1) is 9.01. The molecule has 1 atom stereocenters. The molecule has 1 aliphatic heterocycles. The maximum atomic E-state index is 5.38. The molecule has 1 aliphatic rings. The summed E-state index contributed by atoms with van der Waals surface area (Å²) in [6, 6.07) is 0.0667. The zero-order valence-corrected chi connectivity index (χ0v) is 11.5. The van der Waals surface area contributed by atoms with Crippen LogP contribution in [0.1, 0.15) is 49.9 Å². The highest BCUT2D eigenvalue weighted by Gasteiger charge is 2.26. The fraction of sp³-hybridized carbons (Fsp3) is 0.615. The Morgan fingerprint density at radius 2 is 2.26 bits per heavy atom. The lowest BCUT2D eigenvalue weighted by Crippen LogP contribution is -2.28. The number of aromatic nitrogens is 4. The Labute approximate surface area is 112 Å². The molecular formula is C13H19N5O. The second-order valence-corrected chi connectivity index (χ2v) is 6.25. The zero-order valence-electron chi connectivity index (χ0n) is 11.5. The molecule has 6 heteroatoms. The summed E-state index contributed by atoms with van der Waals surface area (Å²) in [7, 11) is 0. The monoisotopic (exact) mass is 261 g/mol. The summed E-state index contributed by atoms with van der Waals surface area (Å²) in [5.74, 6) is 1.44. The number of aromatic amines is 1. The Hall–Kier alpha value is -1.69. The predicted molar refractivity (Wildman–Crippen MR) is 69.3 cm³/mol. The van der Waals surface area contributed by atoms with Crippen molar-refractivity contribution in [2.45, 2.75) is 46.2 Å². The molecule has 2 N–H and O–H groups in total. The van der Waals surface area contributed by atoms with Gasteiger partial charge in [0.2, 0.25) is 5.89 Å². The number of H-pyrrole nitrogens is 1. The van der Waals surface area contributed by atoms with E-state index in [1.54, 1.807) is 6.33 Å². The Bertz CT molecular complexity index is 566. The second kappa shape index (κ2) is 4.45. The standard InChI is InChI=1S/C13H19N5O/c1-13(2,3)5-11-17-12(19-18-11)9-4-8-10(6-14-9)16-7-15-8/h7,9,14H,4-6H2,1-3H3,(H,15,16). The lowest BCUT2D eigenvalue weighted by molar-refractivity contribution is 0.313. The predicted octanol–water partition coefficient (Wildman–Crippen LogP) is 1.77. The van der Waals surface area contributed by atoms with Gasteiger partial charge in [-0.2, -0.15) is 4.98 Å². The summed E-state index contributed by atoms with van der Waals surface area (Å²) in [5, 5.41) is 7.45. The molecule has 19 heavy (non-hydrogen) atoms. The Kier molecular flexibility index (Phi) is 2.89. The normalized spacial score (nSPS) is 19.4. The van der Waals surface area contributed by atoms with Gasteiger partial charge in [0.15, 0.2) is 5.82 Å². The van der Waals surface area contributed by atoms with E-state index in [9.17, 15) is 0 Å². The van der Waals surface area contributed by atoms with Crippen LogP contribution >= 0.6 is 0 Å². The van der Waals surface area contributed by atoms with Gasteiger partial charge in [-0.3, -0.25) is 5.32 Å². The van der Waals surface area contributed by atoms with E-state index in [-0.39, 0.29) is 11.5 Å².